The largest absolute Gasteiger partial charge is 0.330 e. The average Bonchev–Trinajstić information content (AvgIpc) is 2.96. The molecule has 0 saturated heterocycles. The molecule has 3 rings (SSSR count). The van der Waals surface area contributed by atoms with E-state index in [9.17, 15) is 0 Å². The Morgan fingerprint density at radius 1 is 1.38 bits per heavy atom. The third kappa shape index (κ3) is 2.99. The number of aromatic nitrogens is 2. The Balaban J connectivity index is 1.93. The highest BCUT2D eigenvalue weighted by atomic mass is 35.5. The van der Waals surface area contributed by atoms with Gasteiger partial charge in [-0.05, 0) is 62.4 Å². The summed E-state index contributed by atoms with van der Waals surface area (Å²) in [5, 5.41) is 0.773. The number of hydrogen-bond donors (Lipinski definition) is 1. The Labute approximate surface area is 131 Å². The molecule has 2 N–H and O–H groups in total. The minimum atomic E-state index is 0.514. The molecule has 1 aliphatic carbocycles. The minimum absolute atomic E-state index is 0.514. The third-order valence-electron chi connectivity index (χ3n) is 4.58. The fourth-order valence-corrected chi connectivity index (χ4v) is 3.65. The van der Waals surface area contributed by atoms with Crippen LogP contribution in [0, 0.1) is 12.8 Å². The highest BCUT2D eigenvalue weighted by Crippen LogP contribution is 2.35. The van der Waals surface area contributed by atoms with Gasteiger partial charge in [-0.3, -0.25) is 0 Å². The van der Waals surface area contributed by atoms with Crippen LogP contribution in [0.5, 0.6) is 0 Å². The van der Waals surface area contributed by atoms with Crippen molar-refractivity contribution in [3.05, 3.63) is 41.2 Å². The van der Waals surface area contributed by atoms with Crippen LogP contribution in [0.2, 0.25) is 5.02 Å². The van der Waals surface area contributed by atoms with Crippen LogP contribution in [0.25, 0.3) is 11.4 Å². The molecular weight excluding hydrogens is 282 g/mol. The van der Waals surface area contributed by atoms with Crippen LogP contribution >= 0.6 is 11.6 Å². The van der Waals surface area contributed by atoms with Gasteiger partial charge in [0.2, 0.25) is 0 Å². The maximum atomic E-state index is 6.06. The van der Waals surface area contributed by atoms with Crippen molar-refractivity contribution in [1.29, 1.82) is 0 Å². The van der Waals surface area contributed by atoms with Crippen LogP contribution in [0.1, 0.15) is 37.3 Å². The molecule has 0 amide bonds. The summed E-state index contributed by atoms with van der Waals surface area (Å²) >= 11 is 6.06. The summed E-state index contributed by atoms with van der Waals surface area (Å²) in [6.07, 6.45) is 8.89. The number of imidazole rings is 1. The Kier molecular flexibility index (Phi) is 4.32. The zero-order valence-electron chi connectivity index (χ0n) is 12.4. The van der Waals surface area contributed by atoms with Crippen LogP contribution < -0.4 is 5.73 Å². The van der Waals surface area contributed by atoms with E-state index < -0.39 is 0 Å². The van der Waals surface area contributed by atoms with Crippen molar-refractivity contribution < 1.29 is 0 Å². The number of rotatable bonds is 3. The quantitative estimate of drug-likeness (QED) is 0.923. The van der Waals surface area contributed by atoms with Gasteiger partial charge in [0.25, 0.3) is 0 Å². The van der Waals surface area contributed by atoms with Gasteiger partial charge in [-0.15, -0.1) is 0 Å². The summed E-state index contributed by atoms with van der Waals surface area (Å²) < 4.78 is 2.33. The summed E-state index contributed by atoms with van der Waals surface area (Å²) in [5.41, 5.74) is 8.20. The highest BCUT2D eigenvalue weighted by Gasteiger charge is 2.24. The molecule has 0 unspecified atom stereocenters. The molecule has 21 heavy (non-hydrogen) atoms. The maximum Gasteiger partial charge on any atom is 0.140 e. The number of nitrogens with two attached hydrogens (primary N) is 1. The number of hydrogen-bond acceptors (Lipinski definition) is 2. The van der Waals surface area contributed by atoms with Crippen molar-refractivity contribution in [1.82, 2.24) is 9.55 Å². The Hall–Kier alpha value is -1.32. The molecule has 1 aliphatic rings. The van der Waals surface area contributed by atoms with Gasteiger partial charge in [-0.2, -0.15) is 0 Å². The molecule has 0 spiro atoms. The van der Waals surface area contributed by atoms with E-state index in [-0.39, 0.29) is 0 Å². The summed E-state index contributed by atoms with van der Waals surface area (Å²) in [6.45, 7) is 2.88. The molecule has 1 fully saturated rings. The minimum Gasteiger partial charge on any atom is -0.330 e. The number of halogens is 1. The van der Waals surface area contributed by atoms with Crippen LogP contribution in [0.15, 0.2) is 30.6 Å². The standard InChI is InChI=1S/C17H22ClN3/c1-12-9-14(18)5-6-16(12)17-20-7-8-21(17)15-4-2-3-13(10-15)11-19/h5-9,13,15H,2-4,10-11,19H2,1H3/t13-,15+/m0/s1. The predicted molar refractivity (Wildman–Crippen MR) is 87.5 cm³/mol. The van der Waals surface area contributed by atoms with Gasteiger partial charge in [-0.25, -0.2) is 4.98 Å². The van der Waals surface area contributed by atoms with E-state index in [1.807, 2.05) is 18.3 Å². The van der Waals surface area contributed by atoms with Gasteiger partial charge in [0.1, 0.15) is 5.82 Å². The first kappa shape index (κ1) is 14.6. The lowest BCUT2D eigenvalue weighted by molar-refractivity contribution is 0.273. The van der Waals surface area contributed by atoms with Gasteiger partial charge in [-0.1, -0.05) is 18.0 Å². The third-order valence-corrected chi connectivity index (χ3v) is 4.81. The van der Waals surface area contributed by atoms with Crippen molar-refractivity contribution in [3.63, 3.8) is 0 Å². The second-order valence-electron chi connectivity index (χ2n) is 6.04. The SMILES string of the molecule is Cc1cc(Cl)ccc1-c1nccn1[C@@H]1CCC[C@H](CN)C1. The summed E-state index contributed by atoms with van der Waals surface area (Å²) in [6, 6.07) is 6.52. The number of nitrogens with zero attached hydrogens (tertiary/aromatic N) is 2. The fraction of sp³-hybridized carbons (Fsp3) is 0.471. The molecule has 1 saturated carbocycles. The van der Waals surface area contributed by atoms with Crippen molar-refractivity contribution in [2.75, 3.05) is 6.54 Å². The molecule has 0 bridgehead atoms. The van der Waals surface area contributed by atoms with Crippen LogP contribution in [-0.4, -0.2) is 16.1 Å². The van der Waals surface area contributed by atoms with E-state index in [1.54, 1.807) is 0 Å². The van der Waals surface area contributed by atoms with Gasteiger partial charge < -0.3 is 10.3 Å². The highest BCUT2D eigenvalue weighted by molar-refractivity contribution is 6.30. The molecule has 4 heteroatoms. The Morgan fingerprint density at radius 2 is 2.24 bits per heavy atom. The lowest BCUT2D eigenvalue weighted by Crippen LogP contribution is -2.24. The summed E-state index contributed by atoms with van der Waals surface area (Å²) in [7, 11) is 0. The smallest absolute Gasteiger partial charge is 0.140 e. The van der Waals surface area contributed by atoms with E-state index in [0.717, 1.165) is 23.8 Å². The molecule has 2 aromatic rings. The van der Waals surface area contributed by atoms with E-state index >= 15 is 0 Å². The average molecular weight is 304 g/mol. The van der Waals surface area contributed by atoms with E-state index in [1.165, 1.54) is 30.4 Å². The van der Waals surface area contributed by atoms with Gasteiger partial charge in [0.15, 0.2) is 0 Å². The molecule has 112 valence electrons. The zero-order valence-corrected chi connectivity index (χ0v) is 13.2. The number of benzene rings is 1. The second-order valence-corrected chi connectivity index (χ2v) is 6.48. The second kappa shape index (κ2) is 6.20. The molecule has 1 aromatic heterocycles. The summed E-state index contributed by atoms with van der Waals surface area (Å²) in [5.74, 6) is 1.69. The molecule has 3 nitrogen and oxygen atoms in total. The van der Waals surface area contributed by atoms with Gasteiger partial charge >= 0.3 is 0 Å². The molecule has 0 radical (unpaired) electrons. The molecule has 1 aromatic carbocycles. The molecule has 2 atom stereocenters. The lowest BCUT2D eigenvalue weighted by atomic mass is 9.85. The monoisotopic (exact) mass is 303 g/mol. The fourth-order valence-electron chi connectivity index (χ4n) is 3.42. The van der Waals surface area contributed by atoms with Crippen LogP contribution in [0.4, 0.5) is 0 Å². The molecular formula is C17H22ClN3. The first-order chi connectivity index (χ1) is 10.2. The normalized spacial score (nSPS) is 22.4. The van der Waals surface area contributed by atoms with E-state index in [4.69, 9.17) is 17.3 Å². The first-order valence-corrected chi connectivity index (χ1v) is 8.06. The summed E-state index contributed by atoms with van der Waals surface area (Å²) in [4.78, 5) is 4.59. The van der Waals surface area contributed by atoms with Gasteiger partial charge in [0, 0.05) is 29.0 Å². The van der Waals surface area contributed by atoms with Crippen molar-refractivity contribution in [2.45, 2.75) is 38.6 Å². The molecule has 0 aliphatic heterocycles. The topological polar surface area (TPSA) is 43.8 Å². The number of aryl methyl sites for hydroxylation is 1. The van der Waals surface area contributed by atoms with Crippen LogP contribution in [0.3, 0.4) is 0 Å². The van der Waals surface area contributed by atoms with Crippen molar-refractivity contribution in [2.24, 2.45) is 11.7 Å². The Bertz CT molecular complexity index is 620. The maximum absolute atomic E-state index is 6.06. The lowest BCUT2D eigenvalue weighted by Gasteiger charge is -2.30. The van der Waals surface area contributed by atoms with E-state index in [2.05, 4.69) is 28.7 Å². The van der Waals surface area contributed by atoms with Crippen LogP contribution in [-0.2, 0) is 0 Å². The van der Waals surface area contributed by atoms with Crippen molar-refractivity contribution in [3.8, 4) is 11.4 Å². The Morgan fingerprint density at radius 3 is 3.00 bits per heavy atom. The zero-order chi connectivity index (χ0) is 14.8. The van der Waals surface area contributed by atoms with Gasteiger partial charge in [0.05, 0.1) is 0 Å². The first-order valence-electron chi connectivity index (χ1n) is 7.68. The van der Waals surface area contributed by atoms with E-state index in [0.29, 0.717) is 12.0 Å². The van der Waals surface area contributed by atoms with Crippen molar-refractivity contribution >= 4 is 11.6 Å². The predicted octanol–water partition coefficient (Wildman–Crippen LogP) is 4.20. The molecule has 1 heterocycles.